The van der Waals surface area contributed by atoms with E-state index in [4.69, 9.17) is 4.74 Å². The molecule has 51 heavy (non-hydrogen) atoms. The monoisotopic (exact) mass is 690 g/mol. The number of methoxy groups -OCH3 is 1. The Kier molecular flexibility index (Phi) is 9.82. The van der Waals surface area contributed by atoms with E-state index in [1.54, 1.807) is 9.80 Å². The minimum Gasteiger partial charge on any atom is -0.371 e. The molecule has 3 aliphatic rings. The van der Waals surface area contributed by atoms with Gasteiger partial charge in [0.25, 0.3) is 11.8 Å². The number of hydrogen-bond donors (Lipinski definition) is 3. The van der Waals surface area contributed by atoms with Crippen LogP contribution in [0, 0.1) is 0 Å². The van der Waals surface area contributed by atoms with Crippen molar-refractivity contribution in [2.24, 2.45) is 0 Å². The number of anilines is 3. The molecule has 1 aromatic heterocycles. The van der Waals surface area contributed by atoms with E-state index < -0.39 is 6.10 Å². The molecule has 13 nitrogen and oxygen atoms in total. The fourth-order valence-electron chi connectivity index (χ4n) is 7.24. The summed E-state index contributed by atoms with van der Waals surface area (Å²) >= 11 is 0. The molecule has 5 amide bonds. The molecule has 3 N–H and O–H groups in total. The Morgan fingerprint density at radius 1 is 0.961 bits per heavy atom. The highest BCUT2D eigenvalue weighted by molar-refractivity contribution is 6.06. The third-order valence-corrected chi connectivity index (χ3v) is 10.1. The van der Waals surface area contributed by atoms with Gasteiger partial charge in [-0.25, -0.2) is 4.79 Å². The summed E-state index contributed by atoms with van der Waals surface area (Å²) in [5.41, 5.74) is 5.84. The minimum absolute atomic E-state index is 0.148. The Morgan fingerprint density at radius 2 is 1.69 bits per heavy atom. The standard InChI is InChI=1S/C38H42N8O5/c1-43(22-27-10-6-7-11-32(27)46-21-18-33(47)39-38(46)50)28-16-19-44(20-17-28)29-14-12-26(13-15-29)36(48)40-35-30-23-45(24-31(30)41-42-35)37(49)34(51-2)25-8-4-3-5-9-25/h3-15,28,34H,16-24H2,1-2H3,(H,39,47,50)(H2,40,41,42,48)/t34-/m1/s1. The number of piperidine rings is 1. The van der Waals surface area contributed by atoms with Gasteiger partial charge in [-0.2, -0.15) is 5.10 Å². The molecule has 3 aliphatic heterocycles. The molecule has 4 aromatic rings. The lowest BCUT2D eigenvalue weighted by molar-refractivity contribution is -0.143. The Balaban J connectivity index is 0.916. The predicted molar refractivity (Wildman–Crippen MR) is 192 cm³/mol. The topological polar surface area (TPSA) is 143 Å². The van der Waals surface area contributed by atoms with Crippen LogP contribution in [0.5, 0.6) is 0 Å². The van der Waals surface area contributed by atoms with Crippen LogP contribution in [0.1, 0.15) is 58.1 Å². The van der Waals surface area contributed by atoms with E-state index in [0.717, 1.165) is 59.7 Å². The lowest BCUT2D eigenvalue weighted by Crippen LogP contribution is -2.50. The second-order valence-corrected chi connectivity index (χ2v) is 13.3. The number of benzene rings is 3. The summed E-state index contributed by atoms with van der Waals surface area (Å²) in [6, 6.07) is 24.9. The second-order valence-electron chi connectivity index (χ2n) is 13.3. The summed E-state index contributed by atoms with van der Waals surface area (Å²) < 4.78 is 5.55. The smallest absolute Gasteiger partial charge is 0.328 e. The molecule has 2 saturated heterocycles. The van der Waals surface area contributed by atoms with Gasteiger partial charge in [-0.15, -0.1) is 0 Å². The van der Waals surface area contributed by atoms with Crippen molar-refractivity contribution in [1.29, 1.82) is 0 Å². The number of nitrogens with zero attached hydrogens (tertiary/aromatic N) is 5. The van der Waals surface area contributed by atoms with E-state index in [0.29, 0.717) is 50.0 Å². The maximum absolute atomic E-state index is 13.3. The van der Waals surface area contributed by atoms with Crippen LogP contribution >= 0.6 is 0 Å². The van der Waals surface area contributed by atoms with Crippen LogP contribution in [-0.4, -0.2) is 83.6 Å². The van der Waals surface area contributed by atoms with Crippen molar-refractivity contribution < 1.29 is 23.9 Å². The first-order chi connectivity index (χ1) is 24.8. The molecule has 264 valence electrons. The van der Waals surface area contributed by atoms with Crippen LogP contribution in [0.25, 0.3) is 0 Å². The second kappa shape index (κ2) is 14.8. The highest BCUT2D eigenvalue weighted by Gasteiger charge is 2.34. The van der Waals surface area contributed by atoms with E-state index in [1.165, 1.54) is 7.11 Å². The number of hydrogen-bond acceptors (Lipinski definition) is 8. The summed E-state index contributed by atoms with van der Waals surface area (Å²) in [6.45, 7) is 3.50. The van der Waals surface area contributed by atoms with Gasteiger partial charge in [0.15, 0.2) is 11.9 Å². The molecular weight excluding hydrogens is 648 g/mol. The largest absolute Gasteiger partial charge is 0.371 e. The number of imide groups is 1. The number of para-hydroxylation sites is 1. The quantitative estimate of drug-likeness (QED) is 0.222. The summed E-state index contributed by atoms with van der Waals surface area (Å²) in [7, 11) is 3.65. The summed E-state index contributed by atoms with van der Waals surface area (Å²) in [6.07, 6.45) is 1.53. The highest BCUT2D eigenvalue weighted by Crippen LogP contribution is 2.31. The van der Waals surface area contributed by atoms with Gasteiger partial charge in [0.2, 0.25) is 5.91 Å². The van der Waals surface area contributed by atoms with Crippen LogP contribution in [-0.2, 0) is 34.0 Å². The lowest BCUT2D eigenvalue weighted by Gasteiger charge is -2.38. The normalized spacial score (nSPS) is 17.0. The fourth-order valence-corrected chi connectivity index (χ4v) is 7.24. The number of ether oxygens (including phenoxy) is 1. The molecule has 0 saturated carbocycles. The molecule has 0 aliphatic carbocycles. The molecule has 4 heterocycles. The number of carbonyl (C=O) groups is 4. The zero-order valence-corrected chi connectivity index (χ0v) is 28.8. The number of nitrogens with one attached hydrogen (secondary N) is 3. The molecule has 0 unspecified atom stereocenters. The van der Waals surface area contributed by atoms with Crippen LogP contribution in [0.4, 0.5) is 22.0 Å². The van der Waals surface area contributed by atoms with Gasteiger partial charge in [0.05, 0.1) is 18.8 Å². The number of aromatic nitrogens is 2. The fraction of sp³-hybridized carbons (Fsp3) is 0.342. The third-order valence-electron chi connectivity index (χ3n) is 10.1. The van der Waals surface area contributed by atoms with Crippen molar-refractivity contribution in [3.05, 3.63) is 107 Å². The van der Waals surface area contributed by atoms with Crippen molar-refractivity contribution in [2.45, 2.75) is 51.0 Å². The zero-order chi connectivity index (χ0) is 35.5. The number of H-pyrrole nitrogens is 1. The molecule has 0 bridgehead atoms. The molecule has 7 rings (SSSR count). The Labute approximate surface area is 296 Å². The molecule has 3 aromatic carbocycles. The molecular formula is C38H42N8O5. The number of rotatable bonds is 10. The number of fused-ring (bicyclic) bond motifs is 1. The molecule has 0 radical (unpaired) electrons. The van der Waals surface area contributed by atoms with Gasteiger partial charge in [0, 0.05) is 68.3 Å². The van der Waals surface area contributed by atoms with Gasteiger partial charge >= 0.3 is 6.03 Å². The van der Waals surface area contributed by atoms with Crippen LogP contribution < -0.4 is 20.4 Å². The average molecular weight is 691 g/mol. The molecule has 0 spiro atoms. The predicted octanol–water partition coefficient (Wildman–Crippen LogP) is 4.44. The van der Waals surface area contributed by atoms with E-state index in [-0.39, 0.29) is 23.8 Å². The zero-order valence-electron chi connectivity index (χ0n) is 28.8. The van der Waals surface area contributed by atoms with Crippen LogP contribution in [0.3, 0.4) is 0 Å². The van der Waals surface area contributed by atoms with Crippen molar-refractivity contribution >= 4 is 40.9 Å². The van der Waals surface area contributed by atoms with E-state index in [9.17, 15) is 19.2 Å². The Morgan fingerprint density at radius 3 is 2.41 bits per heavy atom. The SMILES string of the molecule is CO[C@@H](C(=O)N1Cc2[nH]nc(NC(=O)c3ccc(N4CCC(N(C)Cc5ccccc5N5CCC(=O)NC5=O)CC4)cc3)c2C1)c1ccccc1. The van der Waals surface area contributed by atoms with E-state index >= 15 is 0 Å². The van der Waals surface area contributed by atoms with Crippen LogP contribution in [0.15, 0.2) is 78.9 Å². The molecule has 1 atom stereocenters. The maximum atomic E-state index is 13.3. The number of aromatic amines is 1. The number of urea groups is 1. The van der Waals surface area contributed by atoms with Crippen molar-refractivity contribution in [1.82, 2.24) is 25.3 Å². The third kappa shape index (κ3) is 7.21. The summed E-state index contributed by atoms with van der Waals surface area (Å²) in [5.74, 6) is -0.235. The first-order valence-electron chi connectivity index (χ1n) is 17.3. The number of carbonyl (C=O) groups excluding carboxylic acids is 4. The van der Waals surface area contributed by atoms with Gasteiger partial charge in [-0.1, -0.05) is 48.5 Å². The summed E-state index contributed by atoms with van der Waals surface area (Å²) in [5, 5.41) is 12.7. The van der Waals surface area contributed by atoms with E-state index in [2.05, 4.69) is 37.7 Å². The lowest BCUT2D eigenvalue weighted by atomic mass is 10.0. The van der Waals surface area contributed by atoms with E-state index in [1.807, 2.05) is 78.9 Å². The maximum Gasteiger partial charge on any atom is 0.328 e. The molecule has 2 fully saturated rings. The first-order valence-corrected chi connectivity index (χ1v) is 17.3. The van der Waals surface area contributed by atoms with Crippen molar-refractivity contribution in [3.8, 4) is 0 Å². The number of amides is 5. The van der Waals surface area contributed by atoms with Gasteiger partial charge in [-0.05, 0) is 61.3 Å². The van der Waals surface area contributed by atoms with Gasteiger partial charge in [-0.3, -0.25) is 34.6 Å². The summed E-state index contributed by atoms with van der Waals surface area (Å²) in [4.78, 5) is 58.8. The van der Waals surface area contributed by atoms with Crippen LogP contribution in [0.2, 0.25) is 0 Å². The highest BCUT2D eigenvalue weighted by atomic mass is 16.5. The van der Waals surface area contributed by atoms with Gasteiger partial charge < -0.3 is 19.9 Å². The minimum atomic E-state index is -0.709. The first kappa shape index (κ1) is 33.9. The molecule has 13 heteroatoms. The van der Waals surface area contributed by atoms with Crippen molar-refractivity contribution in [3.63, 3.8) is 0 Å². The van der Waals surface area contributed by atoms with Gasteiger partial charge in [0.1, 0.15) is 0 Å². The Bertz CT molecular complexity index is 1900. The average Bonchev–Trinajstić information content (AvgIpc) is 3.75. The van der Waals surface area contributed by atoms with Crippen molar-refractivity contribution in [2.75, 3.05) is 48.9 Å². The Hall–Kier alpha value is -5.53.